The topological polar surface area (TPSA) is 67.5 Å². The number of nitrogens with one attached hydrogen (secondary N) is 1. The molecule has 0 radical (unpaired) electrons. The van der Waals surface area contributed by atoms with E-state index in [0.29, 0.717) is 22.0 Å². The molecule has 102 valence electrons. The van der Waals surface area contributed by atoms with Crippen molar-refractivity contribution in [2.24, 2.45) is 5.10 Å². The van der Waals surface area contributed by atoms with E-state index in [9.17, 15) is 4.79 Å². The third-order valence-corrected chi connectivity index (χ3v) is 3.04. The number of nitrogens with zero attached hydrogens (tertiary/aromatic N) is 1. The van der Waals surface area contributed by atoms with Crippen LogP contribution in [0.25, 0.3) is 0 Å². The number of nitrogen functional groups attached to an aromatic ring is 1. The summed E-state index contributed by atoms with van der Waals surface area (Å²) in [5, 5.41) is 4.72. The molecule has 0 saturated carbocycles. The molecule has 0 aliphatic rings. The molecule has 0 heterocycles. The highest BCUT2D eigenvalue weighted by atomic mass is 35.5. The number of anilines is 1. The van der Waals surface area contributed by atoms with Crippen LogP contribution in [0.3, 0.4) is 0 Å². The van der Waals surface area contributed by atoms with E-state index in [1.54, 1.807) is 43.3 Å². The van der Waals surface area contributed by atoms with Crippen LogP contribution in [0.15, 0.2) is 53.6 Å². The van der Waals surface area contributed by atoms with Gasteiger partial charge in [0.2, 0.25) is 0 Å². The van der Waals surface area contributed by atoms with Crippen molar-refractivity contribution in [3.05, 3.63) is 64.7 Å². The van der Waals surface area contributed by atoms with Crippen molar-refractivity contribution in [3.8, 4) is 0 Å². The number of carbonyl (C=O) groups is 1. The Hall–Kier alpha value is -2.33. The van der Waals surface area contributed by atoms with E-state index >= 15 is 0 Å². The van der Waals surface area contributed by atoms with Gasteiger partial charge in [0.15, 0.2) is 0 Å². The van der Waals surface area contributed by atoms with Crippen LogP contribution in [0.1, 0.15) is 22.8 Å². The molecule has 0 aromatic heterocycles. The summed E-state index contributed by atoms with van der Waals surface area (Å²) < 4.78 is 0. The summed E-state index contributed by atoms with van der Waals surface area (Å²) in [7, 11) is 0. The Bertz CT molecular complexity index is 650. The van der Waals surface area contributed by atoms with E-state index in [1.165, 1.54) is 0 Å². The molecule has 5 heteroatoms. The van der Waals surface area contributed by atoms with Gasteiger partial charge in [-0.2, -0.15) is 5.10 Å². The average Bonchev–Trinajstić information content (AvgIpc) is 2.45. The number of carbonyl (C=O) groups excluding carboxylic acids is 1. The van der Waals surface area contributed by atoms with Gasteiger partial charge in [-0.05, 0) is 36.8 Å². The van der Waals surface area contributed by atoms with Gasteiger partial charge in [-0.1, -0.05) is 35.9 Å². The third-order valence-electron chi connectivity index (χ3n) is 2.79. The van der Waals surface area contributed by atoms with Crippen LogP contribution in [0.4, 0.5) is 5.69 Å². The highest BCUT2D eigenvalue weighted by Gasteiger charge is 2.07. The van der Waals surface area contributed by atoms with Gasteiger partial charge in [-0.15, -0.1) is 0 Å². The van der Waals surface area contributed by atoms with Crippen LogP contribution in [0, 0.1) is 0 Å². The maximum atomic E-state index is 11.9. The number of hydrogen-bond acceptors (Lipinski definition) is 3. The lowest BCUT2D eigenvalue weighted by Crippen LogP contribution is -2.20. The van der Waals surface area contributed by atoms with Crippen molar-refractivity contribution in [3.63, 3.8) is 0 Å². The Morgan fingerprint density at radius 3 is 2.45 bits per heavy atom. The van der Waals surface area contributed by atoms with Crippen molar-refractivity contribution in [2.75, 3.05) is 5.73 Å². The minimum absolute atomic E-state index is 0.337. The highest BCUT2D eigenvalue weighted by Crippen LogP contribution is 2.11. The molecule has 4 nitrogen and oxygen atoms in total. The van der Waals surface area contributed by atoms with Crippen molar-refractivity contribution in [1.82, 2.24) is 5.43 Å². The largest absolute Gasteiger partial charge is 0.398 e. The van der Waals surface area contributed by atoms with Gasteiger partial charge in [-0.25, -0.2) is 5.43 Å². The number of nitrogens with two attached hydrogens (primary N) is 1. The zero-order valence-electron chi connectivity index (χ0n) is 10.9. The molecule has 1 amide bonds. The molecular weight excluding hydrogens is 274 g/mol. The lowest BCUT2D eigenvalue weighted by molar-refractivity contribution is 0.0955. The second-order valence-corrected chi connectivity index (χ2v) is 4.67. The maximum Gasteiger partial charge on any atom is 0.273 e. The molecule has 2 rings (SSSR count). The predicted molar refractivity (Wildman–Crippen MR) is 82.0 cm³/mol. The van der Waals surface area contributed by atoms with Gasteiger partial charge in [-0.3, -0.25) is 4.79 Å². The van der Waals surface area contributed by atoms with Crippen LogP contribution < -0.4 is 11.2 Å². The monoisotopic (exact) mass is 287 g/mol. The molecular formula is C15H14ClN3O. The van der Waals surface area contributed by atoms with Crippen molar-refractivity contribution in [2.45, 2.75) is 6.92 Å². The van der Waals surface area contributed by atoms with Crippen molar-refractivity contribution >= 4 is 28.9 Å². The minimum atomic E-state index is -0.337. The fourth-order valence-corrected chi connectivity index (χ4v) is 1.78. The second-order valence-electron chi connectivity index (χ2n) is 4.23. The first-order chi connectivity index (χ1) is 9.58. The normalized spacial score (nSPS) is 11.2. The summed E-state index contributed by atoms with van der Waals surface area (Å²) >= 11 is 5.82. The molecule has 0 bridgehead atoms. The van der Waals surface area contributed by atoms with Crippen LogP contribution in [0.5, 0.6) is 0 Å². The molecule has 0 fully saturated rings. The van der Waals surface area contributed by atoms with Gasteiger partial charge in [0.05, 0.1) is 11.3 Å². The van der Waals surface area contributed by atoms with E-state index in [2.05, 4.69) is 10.5 Å². The molecule has 2 aromatic carbocycles. The summed E-state index contributed by atoms with van der Waals surface area (Å²) in [6.07, 6.45) is 0. The average molecular weight is 288 g/mol. The quantitative estimate of drug-likeness (QED) is 0.517. The van der Waals surface area contributed by atoms with Gasteiger partial charge < -0.3 is 5.73 Å². The van der Waals surface area contributed by atoms with E-state index in [1.807, 2.05) is 12.1 Å². The number of hydrazone groups is 1. The van der Waals surface area contributed by atoms with Gasteiger partial charge in [0, 0.05) is 10.7 Å². The lowest BCUT2D eigenvalue weighted by Gasteiger charge is -2.05. The minimum Gasteiger partial charge on any atom is -0.398 e. The summed E-state index contributed by atoms with van der Waals surface area (Å²) in [6.45, 7) is 1.80. The Labute approximate surface area is 122 Å². The zero-order chi connectivity index (χ0) is 14.5. The molecule has 0 spiro atoms. The molecule has 3 N–H and O–H groups in total. The number of amides is 1. The predicted octanol–water partition coefficient (Wildman–Crippen LogP) is 3.08. The van der Waals surface area contributed by atoms with Crippen LogP contribution in [-0.4, -0.2) is 11.6 Å². The smallest absolute Gasteiger partial charge is 0.273 e. The van der Waals surface area contributed by atoms with E-state index in [0.717, 1.165) is 5.56 Å². The SMILES string of the molecule is CC(=NNC(=O)c1ccccc1N)c1ccc(Cl)cc1. The fourth-order valence-electron chi connectivity index (χ4n) is 1.65. The van der Waals surface area contributed by atoms with Crippen molar-refractivity contribution in [1.29, 1.82) is 0 Å². The first-order valence-corrected chi connectivity index (χ1v) is 6.41. The second kappa shape index (κ2) is 6.21. The maximum absolute atomic E-state index is 11.9. The summed E-state index contributed by atoms with van der Waals surface area (Å²) in [6, 6.07) is 14.1. The molecule has 0 unspecified atom stereocenters. The summed E-state index contributed by atoms with van der Waals surface area (Å²) in [4.78, 5) is 11.9. The lowest BCUT2D eigenvalue weighted by atomic mass is 10.1. The van der Waals surface area contributed by atoms with E-state index in [4.69, 9.17) is 17.3 Å². The third kappa shape index (κ3) is 3.36. The molecule has 0 atom stereocenters. The first kappa shape index (κ1) is 14.1. The molecule has 0 aliphatic carbocycles. The van der Waals surface area contributed by atoms with Gasteiger partial charge in [0.25, 0.3) is 5.91 Å². The Morgan fingerprint density at radius 1 is 1.15 bits per heavy atom. The summed E-state index contributed by atoms with van der Waals surface area (Å²) in [5.41, 5.74) is 10.6. The molecule has 2 aromatic rings. The number of halogens is 1. The highest BCUT2D eigenvalue weighted by molar-refractivity contribution is 6.30. The van der Waals surface area contributed by atoms with Crippen molar-refractivity contribution < 1.29 is 4.79 Å². The molecule has 0 saturated heterocycles. The molecule has 20 heavy (non-hydrogen) atoms. The Balaban J connectivity index is 2.11. The first-order valence-electron chi connectivity index (χ1n) is 6.03. The van der Waals surface area contributed by atoms with Crippen LogP contribution in [0.2, 0.25) is 5.02 Å². The van der Waals surface area contributed by atoms with E-state index in [-0.39, 0.29) is 5.91 Å². The number of rotatable bonds is 3. The standard InChI is InChI=1S/C15H14ClN3O/c1-10(11-6-8-12(16)9-7-11)18-19-15(20)13-4-2-3-5-14(13)17/h2-9H,17H2,1H3,(H,19,20). The Morgan fingerprint density at radius 2 is 1.80 bits per heavy atom. The number of benzene rings is 2. The molecule has 0 aliphatic heterocycles. The zero-order valence-corrected chi connectivity index (χ0v) is 11.7. The Kier molecular flexibility index (Phi) is 4.38. The van der Waals surface area contributed by atoms with Crippen LogP contribution in [-0.2, 0) is 0 Å². The van der Waals surface area contributed by atoms with E-state index < -0.39 is 0 Å². The van der Waals surface area contributed by atoms with Gasteiger partial charge >= 0.3 is 0 Å². The van der Waals surface area contributed by atoms with Gasteiger partial charge in [0.1, 0.15) is 0 Å². The van der Waals surface area contributed by atoms with Crippen LogP contribution >= 0.6 is 11.6 Å². The number of para-hydroxylation sites is 1. The number of hydrogen-bond donors (Lipinski definition) is 2. The fraction of sp³-hybridized carbons (Fsp3) is 0.0667. The summed E-state index contributed by atoms with van der Waals surface area (Å²) in [5.74, 6) is -0.337.